The van der Waals surface area contributed by atoms with Gasteiger partial charge in [0.2, 0.25) is 5.91 Å². The molecule has 0 spiro atoms. The molecule has 2 aromatic carbocycles. The maximum atomic E-state index is 12.1. The number of anilines is 1. The molecule has 2 N–H and O–H groups in total. The Balaban J connectivity index is 1.45. The van der Waals surface area contributed by atoms with Crippen LogP contribution in [0.2, 0.25) is 0 Å². The smallest absolute Gasteiger partial charge is 0.257 e. The molecule has 144 valence electrons. The molecule has 0 radical (unpaired) electrons. The summed E-state index contributed by atoms with van der Waals surface area (Å²) in [6, 6.07) is 16.7. The van der Waals surface area contributed by atoms with Crippen LogP contribution in [0, 0.1) is 0 Å². The first-order chi connectivity index (χ1) is 13.6. The molecular formula is C21H21N3O3S. The van der Waals surface area contributed by atoms with Crippen LogP contribution >= 0.6 is 11.3 Å². The van der Waals surface area contributed by atoms with Crippen molar-refractivity contribution in [2.75, 3.05) is 19.0 Å². The zero-order chi connectivity index (χ0) is 19.8. The monoisotopic (exact) mass is 395 g/mol. The molecule has 3 rings (SSSR count). The van der Waals surface area contributed by atoms with Crippen LogP contribution in [-0.4, -0.2) is 30.5 Å². The quantitative estimate of drug-likeness (QED) is 0.613. The van der Waals surface area contributed by atoms with E-state index in [0.717, 1.165) is 17.7 Å². The lowest BCUT2D eigenvalue weighted by molar-refractivity contribution is -0.120. The van der Waals surface area contributed by atoms with Gasteiger partial charge in [0.25, 0.3) is 5.91 Å². The number of carbonyl (C=O) groups excluding carboxylic acids is 2. The van der Waals surface area contributed by atoms with Crippen LogP contribution in [0.4, 0.5) is 5.13 Å². The molecule has 7 heteroatoms. The first kappa shape index (κ1) is 19.6. The summed E-state index contributed by atoms with van der Waals surface area (Å²) >= 11 is 1.30. The Morgan fingerprint density at radius 3 is 2.71 bits per heavy atom. The van der Waals surface area contributed by atoms with E-state index in [4.69, 9.17) is 4.74 Å². The molecule has 0 aliphatic rings. The molecule has 0 saturated carbocycles. The van der Waals surface area contributed by atoms with E-state index in [0.29, 0.717) is 22.9 Å². The Kier molecular flexibility index (Phi) is 6.75. The predicted octanol–water partition coefficient (Wildman–Crippen LogP) is 3.31. The van der Waals surface area contributed by atoms with Crippen molar-refractivity contribution in [2.45, 2.75) is 12.8 Å². The molecule has 2 amide bonds. The minimum atomic E-state index is -0.218. The number of carbonyl (C=O) groups is 2. The summed E-state index contributed by atoms with van der Waals surface area (Å²) in [5.74, 6) is 0.481. The number of nitrogens with one attached hydrogen (secondary N) is 2. The van der Waals surface area contributed by atoms with Crippen LogP contribution in [0.25, 0.3) is 0 Å². The van der Waals surface area contributed by atoms with Crippen molar-refractivity contribution in [1.82, 2.24) is 10.3 Å². The van der Waals surface area contributed by atoms with Gasteiger partial charge in [-0.15, -0.1) is 11.3 Å². The molecule has 0 fully saturated rings. The number of aromatic nitrogens is 1. The molecule has 1 aromatic heterocycles. The molecule has 0 saturated heterocycles. The van der Waals surface area contributed by atoms with Crippen LogP contribution < -0.4 is 15.4 Å². The number of thiazole rings is 1. The minimum Gasteiger partial charge on any atom is -0.497 e. The van der Waals surface area contributed by atoms with Gasteiger partial charge in [0.1, 0.15) is 5.75 Å². The SMILES string of the molecule is COc1cccc(CCNC(=O)Cc2csc(NC(=O)c3ccccc3)n2)c1. The Morgan fingerprint density at radius 2 is 1.93 bits per heavy atom. The topological polar surface area (TPSA) is 80.3 Å². The molecule has 0 unspecified atom stereocenters. The van der Waals surface area contributed by atoms with E-state index >= 15 is 0 Å². The van der Waals surface area contributed by atoms with Crippen molar-refractivity contribution >= 4 is 28.3 Å². The molecular weight excluding hydrogens is 374 g/mol. The highest BCUT2D eigenvalue weighted by Crippen LogP contribution is 2.17. The van der Waals surface area contributed by atoms with E-state index in [1.54, 1.807) is 36.8 Å². The fourth-order valence-corrected chi connectivity index (χ4v) is 3.31. The van der Waals surface area contributed by atoms with Gasteiger partial charge in [-0.25, -0.2) is 4.98 Å². The second kappa shape index (κ2) is 9.66. The minimum absolute atomic E-state index is 0.103. The van der Waals surface area contributed by atoms with Gasteiger partial charge >= 0.3 is 0 Å². The molecule has 1 heterocycles. The Hall–Kier alpha value is -3.19. The fraction of sp³-hybridized carbons (Fsp3) is 0.190. The molecule has 0 aliphatic carbocycles. The summed E-state index contributed by atoms with van der Waals surface area (Å²) in [4.78, 5) is 28.6. The average Bonchev–Trinajstić information content (AvgIpc) is 3.15. The lowest BCUT2D eigenvalue weighted by Crippen LogP contribution is -2.27. The summed E-state index contributed by atoms with van der Waals surface area (Å²) < 4.78 is 5.19. The van der Waals surface area contributed by atoms with E-state index in [2.05, 4.69) is 15.6 Å². The van der Waals surface area contributed by atoms with Gasteiger partial charge in [0, 0.05) is 17.5 Å². The molecule has 0 atom stereocenters. The van der Waals surface area contributed by atoms with Gasteiger partial charge in [-0.05, 0) is 36.2 Å². The average molecular weight is 395 g/mol. The van der Waals surface area contributed by atoms with E-state index < -0.39 is 0 Å². The van der Waals surface area contributed by atoms with Crippen LogP contribution in [0.15, 0.2) is 60.0 Å². The third-order valence-electron chi connectivity index (χ3n) is 4.02. The highest BCUT2D eigenvalue weighted by Gasteiger charge is 2.11. The highest BCUT2D eigenvalue weighted by atomic mass is 32.1. The van der Waals surface area contributed by atoms with Crippen LogP contribution in [0.1, 0.15) is 21.6 Å². The summed E-state index contributed by atoms with van der Waals surface area (Å²) in [6.07, 6.45) is 0.897. The lowest BCUT2D eigenvalue weighted by atomic mass is 10.1. The number of amides is 2. The van der Waals surface area contributed by atoms with Crippen LogP contribution in [0.3, 0.4) is 0 Å². The summed E-state index contributed by atoms with van der Waals surface area (Å²) in [5, 5.41) is 7.90. The van der Waals surface area contributed by atoms with Crippen molar-refractivity contribution < 1.29 is 14.3 Å². The first-order valence-electron chi connectivity index (χ1n) is 8.84. The first-order valence-corrected chi connectivity index (χ1v) is 9.72. The molecule has 6 nitrogen and oxygen atoms in total. The van der Waals surface area contributed by atoms with Gasteiger partial charge in [-0.2, -0.15) is 0 Å². The maximum absolute atomic E-state index is 12.1. The Bertz CT molecular complexity index is 941. The predicted molar refractivity (Wildman–Crippen MR) is 110 cm³/mol. The normalized spacial score (nSPS) is 10.3. The van der Waals surface area contributed by atoms with Gasteiger partial charge < -0.3 is 10.1 Å². The number of hydrogen-bond acceptors (Lipinski definition) is 5. The van der Waals surface area contributed by atoms with Crippen molar-refractivity contribution in [3.63, 3.8) is 0 Å². The largest absolute Gasteiger partial charge is 0.497 e. The number of ether oxygens (including phenoxy) is 1. The zero-order valence-electron chi connectivity index (χ0n) is 15.5. The highest BCUT2D eigenvalue weighted by molar-refractivity contribution is 7.14. The second-order valence-electron chi connectivity index (χ2n) is 6.09. The molecule has 3 aromatic rings. The van der Waals surface area contributed by atoms with E-state index in [9.17, 15) is 9.59 Å². The third-order valence-corrected chi connectivity index (χ3v) is 4.83. The molecule has 0 aliphatic heterocycles. The van der Waals surface area contributed by atoms with Gasteiger partial charge in [-0.1, -0.05) is 30.3 Å². The molecule has 28 heavy (non-hydrogen) atoms. The fourth-order valence-electron chi connectivity index (χ4n) is 2.61. The Labute approximate surface area is 167 Å². The summed E-state index contributed by atoms with van der Waals surface area (Å²) in [6.45, 7) is 0.535. The van der Waals surface area contributed by atoms with Crippen LogP contribution in [-0.2, 0) is 17.6 Å². The van der Waals surface area contributed by atoms with E-state index in [1.807, 2.05) is 30.3 Å². The number of methoxy groups -OCH3 is 1. The van der Waals surface area contributed by atoms with Gasteiger partial charge in [0.15, 0.2) is 5.13 Å². The number of hydrogen-bond donors (Lipinski definition) is 2. The lowest BCUT2D eigenvalue weighted by Gasteiger charge is -2.06. The van der Waals surface area contributed by atoms with Crippen molar-refractivity contribution in [1.29, 1.82) is 0 Å². The second-order valence-corrected chi connectivity index (χ2v) is 6.95. The van der Waals surface area contributed by atoms with Crippen LogP contribution in [0.5, 0.6) is 5.75 Å². The maximum Gasteiger partial charge on any atom is 0.257 e. The van der Waals surface area contributed by atoms with E-state index in [1.165, 1.54) is 11.3 Å². The number of nitrogens with zero attached hydrogens (tertiary/aromatic N) is 1. The molecule has 0 bridgehead atoms. The van der Waals surface area contributed by atoms with Gasteiger partial charge in [-0.3, -0.25) is 14.9 Å². The summed E-state index contributed by atoms with van der Waals surface area (Å²) in [7, 11) is 1.63. The summed E-state index contributed by atoms with van der Waals surface area (Å²) in [5.41, 5.74) is 2.29. The third kappa shape index (κ3) is 5.65. The zero-order valence-corrected chi connectivity index (χ0v) is 16.3. The van der Waals surface area contributed by atoms with Crippen molar-refractivity contribution in [2.24, 2.45) is 0 Å². The van der Waals surface area contributed by atoms with Gasteiger partial charge in [0.05, 0.1) is 19.2 Å². The van der Waals surface area contributed by atoms with Crippen molar-refractivity contribution in [3.05, 3.63) is 76.8 Å². The van der Waals surface area contributed by atoms with E-state index in [-0.39, 0.29) is 18.2 Å². The Morgan fingerprint density at radius 1 is 1.11 bits per heavy atom. The standard InChI is InChI=1S/C21H21N3O3S/c1-27-18-9-5-6-15(12-18)10-11-22-19(25)13-17-14-28-21(23-17)24-20(26)16-7-3-2-4-8-16/h2-9,12,14H,10-11,13H2,1H3,(H,22,25)(H,23,24,26). The van der Waals surface area contributed by atoms with Crippen molar-refractivity contribution in [3.8, 4) is 5.75 Å². The number of benzene rings is 2. The number of rotatable bonds is 8.